The molecular weight excluding hydrogens is 300 g/mol. The van der Waals surface area contributed by atoms with Gasteiger partial charge in [-0.05, 0) is 42.2 Å². The molecule has 1 heterocycles. The zero-order valence-electron chi connectivity index (χ0n) is 14.5. The standard InChI is InChI=1S/C20H22N2O2/c1-14-5-7-15(8-6-14)19-22-21-18(24-19)13-23-17-11-9-16(10-12-17)20(2,3)4/h5-12H,13H2,1-4H3. The Balaban J connectivity index is 1.64. The minimum atomic E-state index is 0.133. The highest BCUT2D eigenvalue weighted by atomic mass is 16.5. The molecule has 0 saturated carbocycles. The second-order valence-corrected chi connectivity index (χ2v) is 6.93. The lowest BCUT2D eigenvalue weighted by Gasteiger charge is -2.19. The second-order valence-electron chi connectivity index (χ2n) is 6.93. The second kappa shape index (κ2) is 6.48. The normalized spacial score (nSPS) is 11.5. The molecule has 0 fully saturated rings. The van der Waals surface area contributed by atoms with Gasteiger partial charge in [-0.3, -0.25) is 0 Å². The van der Waals surface area contributed by atoms with Crippen LogP contribution in [0.4, 0.5) is 0 Å². The van der Waals surface area contributed by atoms with Crippen molar-refractivity contribution in [3.05, 3.63) is 65.5 Å². The van der Waals surface area contributed by atoms with Crippen LogP contribution in [0.15, 0.2) is 52.9 Å². The molecule has 0 unspecified atom stereocenters. The highest BCUT2D eigenvalue weighted by Gasteiger charge is 2.13. The van der Waals surface area contributed by atoms with Crippen LogP contribution in [0.3, 0.4) is 0 Å². The fourth-order valence-electron chi connectivity index (χ4n) is 2.32. The summed E-state index contributed by atoms with van der Waals surface area (Å²) in [6.45, 7) is 8.87. The number of aryl methyl sites for hydroxylation is 1. The lowest BCUT2D eigenvalue weighted by atomic mass is 9.87. The summed E-state index contributed by atoms with van der Waals surface area (Å²) in [5.74, 6) is 1.76. The smallest absolute Gasteiger partial charge is 0.254 e. The molecule has 3 rings (SSSR count). The first-order valence-electron chi connectivity index (χ1n) is 8.04. The molecule has 0 N–H and O–H groups in total. The van der Waals surface area contributed by atoms with Gasteiger partial charge < -0.3 is 9.15 Å². The highest BCUT2D eigenvalue weighted by Crippen LogP contribution is 2.25. The van der Waals surface area contributed by atoms with Crippen molar-refractivity contribution in [3.8, 4) is 17.2 Å². The zero-order chi connectivity index (χ0) is 17.2. The van der Waals surface area contributed by atoms with Crippen molar-refractivity contribution in [2.75, 3.05) is 0 Å². The Kier molecular flexibility index (Phi) is 4.38. The van der Waals surface area contributed by atoms with Gasteiger partial charge >= 0.3 is 0 Å². The van der Waals surface area contributed by atoms with Crippen LogP contribution in [-0.2, 0) is 12.0 Å². The average molecular weight is 322 g/mol. The fourth-order valence-corrected chi connectivity index (χ4v) is 2.32. The molecule has 24 heavy (non-hydrogen) atoms. The molecule has 0 radical (unpaired) electrons. The molecule has 2 aromatic carbocycles. The fraction of sp³-hybridized carbons (Fsp3) is 0.300. The Morgan fingerprint density at radius 2 is 1.58 bits per heavy atom. The molecule has 4 nitrogen and oxygen atoms in total. The van der Waals surface area contributed by atoms with Crippen LogP contribution in [0.5, 0.6) is 5.75 Å². The molecular formula is C20H22N2O2. The van der Waals surface area contributed by atoms with Crippen molar-refractivity contribution in [1.29, 1.82) is 0 Å². The van der Waals surface area contributed by atoms with Gasteiger partial charge in [0.25, 0.3) is 5.89 Å². The van der Waals surface area contributed by atoms with Crippen molar-refractivity contribution in [1.82, 2.24) is 10.2 Å². The summed E-state index contributed by atoms with van der Waals surface area (Å²) >= 11 is 0. The molecule has 0 aliphatic heterocycles. The van der Waals surface area contributed by atoms with E-state index in [9.17, 15) is 0 Å². The lowest BCUT2D eigenvalue weighted by molar-refractivity contribution is 0.264. The van der Waals surface area contributed by atoms with E-state index in [0.29, 0.717) is 11.8 Å². The van der Waals surface area contributed by atoms with Gasteiger partial charge in [0.15, 0.2) is 6.61 Å². The summed E-state index contributed by atoms with van der Waals surface area (Å²) in [4.78, 5) is 0. The maximum absolute atomic E-state index is 5.73. The molecule has 4 heteroatoms. The van der Waals surface area contributed by atoms with Crippen LogP contribution < -0.4 is 4.74 Å². The minimum Gasteiger partial charge on any atom is -0.484 e. The summed E-state index contributed by atoms with van der Waals surface area (Å²) in [5.41, 5.74) is 3.51. The minimum absolute atomic E-state index is 0.133. The van der Waals surface area contributed by atoms with Crippen LogP contribution in [0.2, 0.25) is 0 Å². The molecule has 0 spiro atoms. The predicted molar refractivity (Wildman–Crippen MR) is 93.9 cm³/mol. The predicted octanol–water partition coefficient (Wildman–Crippen LogP) is 4.92. The lowest BCUT2D eigenvalue weighted by Crippen LogP contribution is -2.10. The number of hydrogen-bond acceptors (Lipinski definition) is 4. The molecule has 0 saturated heterocycles. The van der Waals surface area contributed by atoms with Crippen LogP contribution in [0.25, 0.3) is 11.5 Å². The Morgan fingerprint density at radius 1 is 0.917 bits per heavy atom. The van der Waals surface area contributed by atoms with E-state index in [0.717, 1.165) is 11.3 Å². The molecule has 0 atom stereocenters. The van der Waals surface area contributed by atoms with Gasteiger partial charge in [0, 0.05) is 5.56 Å². The number of hydrogen-bond donors (Lipinski definition) is 0. The number of benzene rings is 2. The zero-order valence-corrected chi connectivity index (χ0v) is 14.5. The van der Waals surface area contributed by atoms with Crippen LogP contribution in [0, 0.1) is 6.92 Å². The van der Waals surface area contributed by atoms with Crippen LogP contribution in [-0.4, -0.2) is 10.2 Å². The quantitative estimate of drug-likeness (QED) is 0.684. The molecule has 0 aliphatic rings. The molecule has 1 aromatic heterocycles. The first kappa shape index (κ1) is 16.2. The van der Waals surface area contributed by atoms with Gasteiger partial charge in [-0.25, -0.2) is 0 Å². The van der Waals surface area contributed by atoms with Gasteiger partial charge in [-0.15, -0.1) is 10.2 Å². The van der Waals surface area contributed by atoms with Gasteiger partial charge in [0.05, 0.1) is 0 Å². The SMILES string of the molecule is Cc1ccc(-c2nnc(COc3ccc(C(C)(C)C)cc3)o2)cc1. The Hall–Kier alpha value is -2.62. The molecule has 124 valence electrons. The summed E-state index contributed by atoms with van der Waals surface area (Å²) < 4.78 is 11.4. The van der Waals surface area contributed by atoms with E-state index in [4.69, 9.17) is 9.15 Å². The van der Waals surface area contributed by atoms with E-state index < -0.39 is 0 Å². The van der Waals surface area contributed by atoms with Gasteiger partial charge in [0.1, 0.15) is 5.75 Å². The van der Waals surface area contributed by atoms with Crippen molar-refractivity contribution in [3.63, 3.8) is 0 Å². The first-order chi connectivity index (χ1) is 11.4. The van der Waals surface area contributed by atoms with Gasteiger partial charge in [0.2, 0.25) is 5.89 Å². The van der Waals surface area contributed by atoms with E-state index >= 15 is 0 Å². The van der Waals surface area contributed by atoms with E-state index in [2.05, 4.69) is 43.1 Å². The number of ether oxygens (including phenoxy) is 1. The largest absolute Gasteiger partial charge is 0.484 e. The van der Waals surface area contributed by atoms with E-state index in [1.165, 1.54) is 11.1 Å². The van der Waals surface area contributed by atoms with E-state index in [-0.39, 0.29) is 12.0 Å². The summed E-state index contributed by atoms with van der Waals surface area (Å²) in [6.07, 6.45) is 0. The Morgan fingerprint density at radius 3 is 2.21 bits per heavy atom. The summed E-state index contributed by atoms with van der Waals surface area (Å²) in [6, 6.07) is 16.1. The Labute approximate surface area is 142 Å². The van der Waals surface area contributed by atoms with Crippen molar-refractivity contribution in [2.24, 2.45) is 0 Å². The van der Waals surface area contributed by atoms with Crippen molar-refractivity contribution < 1.29 is 9.15 Å². The maximum atomic E-state index is 5.73. The third kappa shape index (κ3) is 3.82. The number of nitrogens with zero attached hydrogens (tertiary/aromatic N) is 2. The van der Waals surface area contributed by atoms with Crippen molar-refractivity contribution in [2.45, 2.75) is 39.7 Å². The monoisotopic (exact) mass is 322 g/mol. The highest BCUT2D eigenvalue weighted by molar-refractivity contribution is 5.52. The van der Waals surface area contributed by atoms with Gasteiger partial charge in [-0.2, -0.15) is 0 Å². The van der Waals surface area contributed by atoms with Crippen LogP contribution in [0.1, 0.15) is 37.8 Å². The van der Waals surface area contributed by atoms with Crippen LogP contribution >= 0.6 is 0 Å². The topological polar surface area (TPSA) is 48.2 Å². The maximum Gasteiger partial charge on any atom is 0.254 e. The summed E-state index contributed by atoms with van der Waals surface area (Å²) in [7, 11) is 0. The third-order valence-corrected chi connectivity index (χ3v) is 3.85. The third-order valence-electron chi connectivity index (χ3n) is 3.85. The Bertz CT molecular complexity index is 797. The van der Waals surface area contributed by atoms with Gasteiger partial charge in [-0.1, -0.05) is 50.6 Å². The van der Waals surface area contributed by atoms with E-state index in [1.54, 1.807) is 0 Å². The number of aromatic nitrogens is 2. The number of rotatable bonds is 4. The average Bonchev–Trinajstić information content (AvgIpc) is 3.02. The first-order valence-corrected chi connectivity index (χ1v) is 8.04. The van der Waals surface area contributed by atoms with E-state index in [1.807, 2.05) is 43.3 Å². The molecule has 0 aliphatic carbocycles. The van der Waals surface area contributed by atoms with Crippen molar-refractivity contribution >= 4 is 0 Å². The molecule has 3 aromatic rings. The molecule has 0 amide bonds. The summed E-state index contributed by atoms with van der Waals surface area (Å²) in [5, 5.41) is 8.12. The molecule has 0 bridgehead atoms.